The molecule has 0 aliphatic carbocycles. The average molecular weight is 442 g/mol. The Labute approximate surface area is 193 Å². The molecule has 1 aromatic heterocycles. The Balaban J connectivity index is 1.42. The number of amides is 1. The number of nitrogens with zero attached hydrogens (tertiary/aromatic N) is 1. The Hall–Kier alpha value is -3.63. The standard InChI is InChI=1S/C27H24ClN3O/c1-19-5-7-20(8-6-19)25-14-9-21(28)18-26(25)27(32)31-24-12-10-23(11-13-24)30-17-15-22-4-2-3-16-29-22/h2-14,16,18,30H,15,17H2,1H3,(H,31,32). The monoisotopic (exact) mass is 441 g/mol. The molecular weight excluding hydrogens is 418 g/mol. The summed E-state index contributed by atoms with van der Waals surface area (Å²) in [6.45, 7) is 2.82. The van der Waals surface area contributed by atoms with Gasteiger partial charge >= 0.3 is 0 Å². The quantitative estimate of drug-likeness (QED) is 0.339. The van der Waals surface area contributed by atoms with E-state index in [2.05, 4.69) is 15.6 Å². The van der Waals surface area contributed by atoms with Crippen molar-refractivity contribution >= 4 is 28.9 Å². The fourth-order valence-electron chi connectivity index (χ4n) is 3.44. The number of rotatable bonds is 7. The molecule has 160 valence electrons. The van der Waals surface area contributed by atoms with E-state index in [0.29, 0.717) is 10.6 Å². The van der Waals surface area contributed by atoms with Crippen LogP contribution in [0.1, 0.15) is 21.6 Å². The number of benzene rings is 3. The molecule has 1 heterocycles. The second-order valence-corrected chi connectivity index (χ2v) is 8.02. The second-order valence-electron chi connectivity index (χ2n) is 7.59. The van der Waals surface area contributed by atoms with Gasteiger partial charge in [-0.3, -0.25) is 9.78 Å². The summed E-state index contributed by atoms with van der Waals surface area (Å²) in [6.07, 6.45) is 2.65. The highest BCUT2D eigenvalue weighted by Crippen LogP contribution is 2.28. The summed E-state index contributed by atoms with van der Waals surface area (Å²) in [5, 5.41) is 6.88. The molecule has 4 nitrogen and oxygen atoms in total. The largest absolute Gasteiger partial charge is 0.385 e. The van der Waals surface area contributed by atoms with E-state index in [0.717, 1.165) is 41.2 Å². The van der Waals surface area contributed by atoms with Crippen molar-refractivity contribution in [2.24, 2.45) is 0 Å². The molecule has 0 saturated heterocycles. The van der Waals surface area contributed by atoms with Gasteiger partial charge in [0.05, 0.1) is 0 Å². The third-order valence-corrected chi connectivity index (χ3v) is 5.40. The van der Waals surface area contributed by atoms with Gasteiger partial charge in [0.1, 0.15) is 0 Å². The van der Waals surface area contributed by atoms with E-state index in [1.165, 1.54) is 5.56 Å². The molecule has 0 saturated carbocycles. The van der Waals surface area contributed by atoms with Crippen LogP contribution in [0, 0.1) is 6.92 Å². The Bertz CT molecular complexity index is 1190. The van der Waals surface area contributed by atoms with Crippen molar-refractivity contribution in [1.29, 1.82) is 0 Å². The number of carbonyl (C=O) groups excluding carboxylic acids is 1. The van der Waals surface area contributed by atoms with E-state index in [4.69, 9.17) is 11.6 Å². The van der Waals surface area contributed by atoms with Crippen molar-refractivity contribution in [1.82, 2.24) is 4.98 Å². The van der Waals surface area contributed by atoms with Crippen LogP contribution in [-0.4, -0.2) is 17.4 Å². The van der Waals surface area contributed by atoms with Crippen LogP contribution >= 0.6 is 11.6 Å². The van der Waals surface area contributed by atoms with Crippen LogP contribution in [0.15, 0.2) is 91.1 Å². The van der Waals surface area contributed by atoms with Gasteiger partial charge in [-0.1, -0.05) is 53.6 Å². The summed E-state index contributed by atoms with van der Waals surface area (Å²) in [5.41, 5.74) is 6.29. The normalized spacial score (nSPS) is 10.6. The molecule has 0 fully saturated rings. The van der Waals surface area contributed by atoms with E-state index in [1.54, 1.807) is 18.3 Å². The number of aromatic nitrogens is 1. The molecule has 2 N–H and O–H groups in total. The van der Waals surface area contributed by atoms with Gasteiger partial charge in [0.2, 0.25) is 0 Å². The first-order valence-corrected chi connectivity index (χ1v) is 10.9. The number of carbonyl (C=O) groups is 1. The van der Waals surface area contributed by atoms with Crippen molar-refractivity contribution in [2.75, 3.05) is 17.2 Å². The maximum atomic E-state index is 13.0. The molecule has 4 aromatic rings. The molecule has 0 radical (unpaired) electrons. The highest BCUT2D eigenvalue weighted by molar-refractivity contribution is 6.31. The molecule has 0 aliphatic heterocycles. The molecule has 0 unspecified atom stereocenters. The van der Waals surface area contributed by atoms with Gasteiger partial charge in [-0.05, 0) is 66.6 Å². The lowest BCUT2D eigenvalue weighted by molar-refractivity contribution is 0.102. The number of hydrogen-bond donors (Lipinski definition) is 2. The Kier molecular flexibility index (Phi) is 6.83. The molecule has 4 rings (SSSR count). The van der Waals surface area contributed by atoms with Crippen LogP contribution in [0.2, 0.25) is 5.02 Å². The lowest BCUT2D eigenvalue weighted by atomic mass is 9.98. The van der Waals surface area contributed by atoms with Crippen LogP contribution in [0.25, 0.3) is 11.1 Å². The van der Waals surface area contributed by atoms with Crippen LogP contribution in [-0.2, 0) is 6.42 Å². The minimum Gasteiger partial charge on any atom is -0.385 e. The van der Waals surface area contributed by atoms with Gasteiger partial charge in [-0.25, -0.2) is 0 Å². The van der Waals surface area contributed by atoms with Gasteiger partial charge in [0.25, 0.3) is 5.91 Å². The predicted octanol–water partition coefficient (Wildman–Crippen LogP) is 6.62. The molecule has 3 aromatic carbocycles. The van der Waals surface area contributed by atoms with E-state index in [9.17, 15) is 4.79 Å². The molecule has 0 spiro atoms. The predicted molar refractivity (Wildman–Crippen MR) is 132 cm³/mol. The third kappa shape index (κ3) is 5.54. The number of aryl methyl sites for hydroxylation is 1. The van der Waals surface area contributed by atoms with E-state index >= 15 is 0 Å². The van der Waals surface area contributed by atoms with E-state index in [-0.39, 0.29) is 5.91 Å². The summed E-state index contributed by atoms with van der Waals surface area (Å²) in [6, 6.07) is 27.1. The van der Waals surface area contributed by atoms with Crippen LogP contribution in [0.3, 0.4) is 0 Å². The zero-order chi connectivity index (χ0) is 22.3. The summed E-state index contributed by atoms with van der Waals surface area (Å²) in [5.74, 6) is -0.195. The van der Waals surface area contributed by atoms with Crippen molar-refractivity contribution in [3.63, 3.8) is 0 Å². The fourth-order valence-corrected chi connectivity index (χ4v) is 3.61. The first-order valence-electron chi connectivity index (χ1n) is 10.5. The lowest BCUT2D eigenvalue weighted by Crippen LogP contribution is -2.13. The van der Waals surface area contributed by atoms with Crippen molar-refractivity contribution < 1.29 is 4.79 Å². The molecule has 5 heteroatoms. The van der Waals surface area contributed by atoms with Gasteiger partial charge < -0.3 is 10.6 Å². The van der Waals surface area contributed by atoms with Gasteiger partial charge in [0.15, 0.2) is 0 Å². The average Bonchev–Trinajstić information content (AvgIpc) is 2.81. The maximum absolute atomic E-state index is 13.0. The molecule has 1 amide bonds. The molecule has 0 aliphatic rings. The van der Waals surface area contributed by atoms with E-state index in [1.807, 2.05) is 79.7 Å². The lowest BCUT2D eigenvalue weighted by Gasteiger charge is -2.12. The maximum Gasteiger partial charge on any atom is 0.256 e. The third-order valence-electron chi connectivity index (χ3n) is 5.17. The summed E-state index contributed by atoms with van der Waals surface area (Å²) in [7, 11) is 0. The van der Waals surface area contributed by atoms with Crippen molar-refractivity contribution in [3.8, 4) is 11.1 Å². The molecule has 32 heavy (non-hydrogen) atoms. The first-order chi connectivity index (χ1) is 15.6. The van der Waals surface area contributed by atoms with Gasteiger partial charge in [0, 0.05) is 46.8 Å². The van der Waals surface area contributed by atoms with Crippen molar-refractivity contribution in [3.05, 3.63) is 113 Å². The van der Waals surface area contributed by atoms with Crippen molar-refractivity contribution in [2.45, 2.75) is 13.3 Å². The number of pyridine rings is 1. The topological polar surface area (TPSA) is 54.0 Å². The number of nitrogens with one attached hydrogen (secondary N) is 2. The first kappa shape index (κ1) is 21.6. The highest BCUT2D eigenvalue weighted by Gasteiger charge is 2.14. The Morgan fingerprint density at radius 1 is 0.906 bits per heavy atom. The highest BCUT2D eigenvalue weighted by atomic mass is 35.5. The second kappa shape index (κ2) is 10.1. The Morgan fingerprint density at radius 2 is 1.66 bits per heavy atom. The molecule has 0 bridgehead atoms. The van der Waals surface area contributed by atoms with Crippen LogP contribution < -0.4 is 10.6 Å². The van der Waals surface area contributed by atoms with E-state index < -0.39 is 0 Å². The number of halogens is 1. The summed E-state index contributed by atoms with van der Waals surface area (Å²) in [4.78, 5) is 17.4. The molecule has 0 atom stereocenters. The zero-order valence-electron chi connectivity index (χ0n) is 17.8. The summed E-state index contributed by atoms with van der Waals surface area (Å²) < 4.78 is 0. The molecular formula is C27H24ClN3O. The smallest absolute Gasteiger partial charge is 0.256 e. The zero-order valence-corrected chi connectivity index (χ0v) is 18.6. The SMILES string of the molecule is Cc1ccc(-c2ccc(Cl)cc2C(=O)Nc2ccc(NCCc3ccccn3)cc2)cc1. The fraction of sp³-hybridized carbons (Fsp3) is 0.111. The minimum absolute atomic E-state index is 0.195. The number of anilines is 2. The number of hydrogen-bond acceptors (Lipinski definition) is 3. The Morgan fingerprint density at radius 3 is 2.38 bits per heavy atom. The summed E-state index contributed by atoms with van der Waals surface area (Å²) >= 11 is 6.20. The minimum atomic E-state index is -0.195. The van der Waals surface area contributed by atoms with Gasteiger partial charge in [-0.15, -0.1) is 0 Å². The van der Waals surface area contributed by atoms with Gasteiger partial charge in [-0.2, -0.15) is 0 Å². The van der Waals surface area contributed by atoms with Crippen LogP contribution in [0.4, 0.5) is 11.4 Å². The van der Waals surface area contributed by atoms with Crippen LogP contribution in [0.5, 0.6) is 0 Å².